The SMILES string of the molecule is O=c1ccn(C(C#CCCO)c2ccccc2)c(=O)[nH]1. The second kappa shape index (κ2) is 6.55. The van der Waals surface area contributed by atoms with Crippen molar-refractivity contribution in [3.63, 3.8) is 0 Å². The molecular formula is C15H14N2O3. The van der Waals surface area contributed by atoms with Gasteiger partial charge in [0.25, 0.3) is 5.56 Å². The predicted octanol–water partition coefficient (Wildman–Crippen LogP) is 0.512. The van der Waals surface area contributed by atoms with E-state index in [1.165, 1.54) is 16.8 Å². The van der Waals surface area contributed by atoms with Crippen LogP contribution < -0.4 is 11.2 Å². The van der Waals surface area contributed by atoms with E-state index in [9.17, 15) is 9.59 Å². The topological polar surface area (TPSA) is 75.1 Å². The number of nitrogens with one attached hydrogen (secondary N) is 1. The molecule has 0 saturated carbocycles. The van der Waals surface area contributed by atoms with Crippen LogP contribution in [0.25, 0.3) is 0 Å². The molecule has 0 radical (unpaired) electrons. The van der Waals surface area contributed by atoms with Gasteiger partial charge in [-0.2, -0.15) is 0 Å². The van der Waals surface area contributed by atoms with Crippen LogP contribution in [0.1, 0.15) is 18.0 Å². The van der Waals surface area contributed by atoms with Gasteiger partial charge in [0.05, 0.1) is 6.61 Å². The van der Waals surface area contributed by atoms with Crippen LogP contribution in [0.4, 0.5) is 0 Å². The van der Waals surface area contributed by atoms with Gasteiger partial charge in [-0.05, 0) is 5.56 Å². The summed E-state index contributed by atoms with van der Waals surface area (Å²) in [5.74, 6) is 5.77. The van der Waals surface area contributed by atoms with E-state index in [-0.39, 0.29) is 6.61 Å². The molecule has 0 bridgehead atoms. The van der Waals surface area contributed by atoms with Crippen LogP contribution in [-0.4, -0.2) is 21.3 Å². The second-order valence-corrected chi connectivity index (χ2v) is 4.13. The van der Waals surface area contributed by atoms with Crippen LogP contribution >= 0.6 is 0 Å². The third-order valence-electron chi connectivity index (χ3n) is 2.72. The Balaban J connectivity index is 2.50. The summed E-state index contributed by atoms with van der Waals surface area (Å²) in [5.41, 5.74) is -0.113. The lowest BCUT2D eigenvalue weighted by molar-refractivity contribution is 0.305. The first-order valence-corrected chi connectivity index (χ1v) is 6.18. The molecule has 1 aromatic heterocycles. The Labute approximate surface area is 115 Å². The normalized spacial score (nSPS) is 11.4. The predicted molar refractivity (Wildman–Crippen MR) is 75.4 cm³/mol. The third-order valence-corrected chi connectivity index (χ3v) is 2.72. The summed E-state index contributed by atoms with van der Waals surface area (Å²) < 4.78 is 1.36. The zero-order valence-electron chi connectivity index (χ0n) is 10.7. The average Bonchev–Trinajstić information content (AvgIpc) is 2.46. The molecule has 0 spiro atoms. The Kier molecular flexibility index (Phi) is 4.53. The first-order chi connectivity index (χ1) is 9.72. The molecule has 1 heterocycles. The number of aromatic amines is 1. The Morgan fingerprint density at radius 3 is 2.60 bits per heavy atom. The third kappa shape index (κ3) is 3.25. The van der Waals surface area contributed by atoms with Crippen LogP contribution in [0.3, 0.4) is 0 Å². The average molecular weight is 270 g/mol. The number of aliphatic hydroxyl groups is 1. The molecule has 0 aliphatic rings. The van der Waals surface area contributed by atoms with E-state index in [0.29, 0.717) is 6.42 Å². The molecule has 2 aromatic rings. The van der Waals surface area contributed by atoms with Crippen LogP contribution in [0, 0.1) is 11.8 Å². The zero-order valence-corrected chi connectivity index (χ0v) is 10.7. The summed E-state index contributed by atoms with van der Waals surface area (Å²) in [7, 11) is 0. The van der Waals surface area contributed by atoms with Gasteiger partial charge in [-0.15, -0.1) is 0 Å². The minimum atomic E-state index is -0.510. The molecule has 1 aromatic carbocycles. The number of hydrogen-bond acceptors (Lipinski definition) is 3. The van der Waals surface area contributed by atoms with E-state index in [4.69, 9.17) is 5.11 Å². The fourth-order valence-corrected chi connectivity index (χ4v) is 1.80. The summed E-state index contributed by atoms with van der Waals surface area (Å²) in [6.07, 6.45) is 1.76. The van der Waals surface area contributed by atoms with Gasteiger partial charge in [-0.3, -0.25) is 14.3 Å². The van der Waals surface area contributed by atoms with E-state index in [0.717, 1.165) is 5.56 Å². The Bertz CT molecular complexity index is 735. The number of H-pyrrole nitrogens is 1. The number of rotatable bonds is 3. The number of benzene rings is 1. The molecule has 2 N–H and O–H groups in total. The van der Waals surface area contributed by atoms with Crippen molar-refractivity contribution in [2.24, 2.45) is 0 Å². The van der Waals surface area contributed by atoms with E-state index in [1.54, 1.807) is 0 Å². The van der Waals surface area contributed by atoms with Crippen molar-refractivity contribution in [2.75, 3.05) is 6.61 Å². The van der Waals surface area contributed by atoms with Crippen LogP contribution in [0.2, 0.25) is 0 Å². The number of aliphatic hydroxyl groups excluding tert-OH is 1. The van der Waals surface area contributed by atoms with Crippen molar-refractivity contribution < 1.29 is 5.11 Å². The second-order valence-electron chi connectivity index (χ2n) is 4.13. The molecule has 0 saturated heterocycles. The van der Waals surface area contributed by atoms with E-state index < -0.39 is 17.3 Å². The van der Waals surface area contributed by atoms with Gasteiger partial charge in [-0.1, -0.05) is 42.2 Å². The van der Waals surface area contributed by atoms with Crippen molar-refractivity contribution in [1.29, 1.82) is 0 Å². The van der Waals surface area contributed by atoms with E-state index in [2.05, 4.69) is 16.8 Å². The van der Waals surface area contributed by atoms with Crippen molar-refractivity contribution in [1.82, 2.24) is 9.55 Å². The highest BCUT2D eigenvalue weighted by Crippen LogP contribution is 2.14. The van der Waals surface area contributed by atoms with E-state index in [1.807, 2.05) is 30.3 Å². The molecule has 1 atom stereocenters. The van der Waals surface area contributed by atoms with Gasteiger partial charge in [0.15, 0.2) is 0 Å². The number of aromatic nitrogens is 2. The molecule has 102 valence electrons. The maximum Gasteiger partial charge on any atom is 0.329 e. The summed E-state index contributed by atoms with van der Waals surface area (Å²) in [5, 5.41) is 8.79. The smallest absolute Gasteiger partial charge is 0.329 e. The molecule has 20 heavy (non-hydrogen) atoms. The largest absolute Gasteiger partial charge is 0.395 e. The van der Waals surface area contributed by atoms with E-state index >= 15 is 0 Å². The number of nitrogens with zero attached hydrogens (tertiary/aromatic N) is 1. The highest BCUT2D eigenvalue weighted by molar-refractivity contribution is 5.28. The molecule has 5 heteroatoms. The highest BCUT2D eigenvalue weighted by Gasteiger charge is 2.11. The van der Waals surface area contributed by atoms with Gasteiger partial charge in [0.1, 0.15) is 6.04 Å². The molecule has 5 nitrogen and oxygen atoms in total. The molecule has 0 aliphatic heterocycles. The minimum Gasteiger partial charge on any atom is -0.395 e. The van der Waals surface area contributed by atoms with Crippen LogP contribution in [0.15, 0.2) is 52.2 Å². The van der Waals surface area contributed by atoms with Gasteiger partial charge >= 0.3 is 5.69 Å². The summed E-state index contributed by atoms with van der Waals surface area (Å²) >= 11 is 0. The maximum atomic E-state index is 11.9. The molecule has 0 fully saturated rings. The molecule has 0 aliphatic carbocycles. The van der Waals surface area contributed by atoms with Gasteiger partial charge in [-0.25, -0.2) is 4.79 Å². The van der Waals surface area contributed by atoms with Gasteiger partial charge in [0, 0.05) is 18.7 Å². The van der Waals surface area contributed by atoms with Crippen molar-refractivity contribution in [2.45, 2.75) is 12.5 Å². The lowest BCUT2D eigenvalue weighted by atomic mass is 10.1. The number of hydrogen-bond donors (Lipinski definition) is 2. The standard InChI is InChI=1S/C15H14N2O3/c18-11-5-4-8-13(12-6-2-1-3-7-12)17-10-9-14(19)16-15(17)20/h1-3,6-7,9-10,13,18H,5,11H2,(H,16,19,20). The lowest BCUT2D eigenvalue weighted by Crippen LogP contribution is -2.31. The zero-order chi connectivity index (χ0) is 14.4. The van der Waals surface area contributed by atoms with Crippen molar-refractivity contribution in [3.05, 3.63) is 69.0 Å². The monoisotopic (exact) mass is 270 g/mol. The van der Waals surface area contributed by atoms with Crippen molar-refractivity contribution >= 4 is 0 Å². The van der Waals surface area contributed by atoms with Gasteiger partial charge in [0.2, 0.25) is 0 Å². The molecule has 1 unspecified atom stereocenters. The molecule has 2 rings (SSSR count). The highest BCUT2D eigenvalue weighted by atomic mass is 16.2. The fourth-order valence-electron chi connectivity index (χ4n) is 1.80. The maximum absolute atomic E-state index is 11.9. The lowest BCUT2D eigenvalue weighted by Gasteiger charge is -2.13. The quantitative estimate of drug-likeness (QED) is 0.798. The summed E-state index contributed by atoms with van der Waals surface area (Å²) in [6.45, 7) is -0.0327. The molecular weight excluding hydrogens is 256 g/mol. The first kappa shape index (κ1) is 13.8. The Morgan fingerprint density at radius 2 is 1.95 bits per heavy atom. The molecule has 0 amide bonds. The Hall–Kier alpha value is -2.58. The van der Waals surface area contributed by atoms with Crippen molar-refractivity contribution in [3.8, 4) is 11.8 Å². The Morgan fingerprint density at radius 1 is 1.20 bits per heavy atom. The fraction of sp³-hybridized carbons (Fsp3) is 0.200. The van der Waals surface area contributed by atoms with Crippen LogP contribution in [-0.2, 0) is 0 Å². The first-order valence-electron chi connectivity index (χ1n) is 6.18. The summed E-state index contributed by atoms with van der Waals surface area (Å²) in [4.78, 5) is 25.2. The minimum absolute atomic E-state index is 0.0327. The van der Waals surface area contributed by atoms with Gasteiger partial charge < -0.3 is 5.11 Å². The summed E-state index contributed by atoms with van der Waals surface area (Å²) in [6, 6.07) is 10.1. The van der Waals surface area contributed by atoms with Crippen LogP contribution in [0.5, 0.6) is 0 Å².